The summed E-state index contributed by atoms with van der Waals surface area (Å²) in [6.45, 7) is 1.74. The predicted molar refractivity (Wildman–Crippen MR) is 114 cm³/mol. The zero-order valence-electron chi connectivity index (χ0n) is 17.4. The molecule has 0 unspecified atom stereocenters. The highest BCUT2D eigenvalue weighted by Gasteiger charge is 2.31. The lowest BCUT2D eigenvalue weighted by Gasteiger charge is -2.12. The van der Waals surface area contributed by atoms with Crippen molar-refractivity contribution >= 4 is 10.9 Å². The first-order chi connectivity index (χ1) is 15.6. The van der Waals surface area contributed by atoms with Gasteiger partial charge >= 0.3 is 6.36 Å². The third-order valence-corrected chi connectivity index (χ3v) is 4.90. The number of alkyl halides is 3. The van der Waals surface area contributed by atoms with Gasteiger partial charge in [0, 0.05) is 22.7 Å². The molecule has 1 heterocycles. The number of pyridine rings is 1. The second-order valence-electron chi connectivity index (χ2n) is 7.13. The molecule has 0 spiro atoms. The molecule has 0 radical (unpaired) electrons. The Morgan fingerprint density at radius 3 is 2.03 bits per heavy atom. The van der Waals surface area contributed by atoms with Gasteiger partial charge in [-0.15, -0.1) is 13.2 Å². The average molecular weight is 459 g/mol. The summed E-state index contributed by atoms with van der Waals surface area (Å²) in [6.07, 6.45) is -4.77. The molecular formula is C24H17F4NO4. The molecule has 0 saturated carbocycles. The molecule has 1 aromatic heterocycles. The van der Waals surface area contributed by atoms with E-state index in [9.17, 15) is 22.4 Å². The van der Waals surface area contributed by atoms with Crippen LogP contribution >= 0.6 is 0 Å². The lowest BCUT2D eigenvalue weighted by molar-refractivity contribution is -0.274. The first kappa shape index (κ1) is 22.2. The Labute approximate surface area is 185 Å². The summed E-state index contributed by atoms with van der Waals surface area (Å²) in [6, 6.07) is 14.1. The second kappa shape index (κ2) is 8.50. The van der Waals surface area contributed by atoms with Gasteiger partial charge in [0.15, 0.2) is 17.0 Å². The van der Waals surface area contributed by atoms with Crippen LogP contribution in [0.15, 0.2) is 65.5 Å². The van der Waals surface area contributed by atoms with Crippen molar-refractivity contribution in [3.05, 3.63) is 82.4 Å². The van der Waals surface area contributed by atoms with Crippen molar-refractivity contribution in [3.63, 3.8) is 0 Å². The molecule has 4 rings (SSSR count). The lowest BCUT2D eigenvalue weighted by atomic mass is 10.0. The third-order valence-electron chi connectivity index (χ3n) is 4.90. The lowest BCUT2D eigenvalue weighted by Crippen LogP contribution is -2.16. The maximum atomic E-state index is 14.1. The smallest absolute Gasteiger partial charge is 0.494 e. The van der Waals surface area contributed by atoms with Gasteiger partial charge in [-0.2, -0.15) is 0 Å². The number of benzene rings is 3. The number of aromatic amines is 1. The highest BCUT2D eigenvalue weighted by molar-refractivity contribution is 5.86. The molecule has 0 saturated heterocycles. The Kier molecular flexibility index (Phi) is 5.71. The molecule has 0 atom stereocenters. The molecule has 33 heavy (non-hydrogen) atoms. The van der Waals surface area contributed by atoms with E-state index in [1.165, 1.54) is 25.3 Å². The maximum Gasteiger partial charge on any atom is 0.573 e. The van der Waals surface area contributed by atoms with Crippen LogP contribution in [0.25, 0.3) is 22.0 Å². The standard InChI is InChI=1S/C24H17F4NO4/c1-13-22(23(30)18-11-19(25)21(31-2)12-20(18)29-13)14-3-5-15(6-4-14)32-16-7-9-17(10-8-16)33-24(26,27)28/h3-12H,1-2H3,(H,29,30). The van der Waals surface area contributed by atoms with Crippen LogP contribution in [-0.4, -0.2) is 18.5 Å². The van der Waals surface area contributed by atoms with Gasteiger partial charge in [0.25, 0.3) is 0 Å². The van der Waals surface area contributed by atoms with E-state index < -0.39 is 12.2 Å². The van der Waals surface area contributed by atoms with Crippen LogP contribution in [0, 0.1) is 12.7 Å². The van der Waals surface area contributed by atoms with E-state index in [4.69, 9.17) is 9.47 Å². The molecule has 1 N–H and O–H groups in total. The van der Waals surface area contributed by atoms with Crippen LogP contribution in [0.5, 0.6) is 23.0 Å². The van der Waals surface area contributed by atoms with Gasteiger partial charge in [-0.1, -0.05) is 12.1 Å². The van der Waals surface area contributed by atoms with Crippen molar-refractivity contribution in [3.8, 4) is 34.1 Å². The summed E-state index contributed by atoms with van der Waals surface area (Å²) in [5.74, 6) is -0.244. The quantitative estimate of drug-likeness (QED) is 0.354. The molecule has 9 heteroatoms. The number of halogens is 4. The van der Waals surface area contributed by atoms with Gasteiger partial charge in [0.05, 0.1) is 12.6 Å². The number of aromatic nitrogens is 1. The molecule has 4 aromatic rings. The van der Waals surface area contributed by atoms with Gasteiger partial charge in [0.1, 0.15) is 17.2 Å². The van der Waals surface area contributed by atoms with Crippen LogP contribution in [-0.2, 0) is 0 Å². The number of aryl methyl sites for hydroxylation is 1. The van der Waals surface area contributed by atoms with E-state index >= 15 is 0 Å². The molecule has 3 aromatic carbocycles. The topological polar surface area (TPSA) is 60.6 Å². The SMILES string of the molecule is COc1cc2[nH]c(C)c(-c3ccc(Oc4ccc(OC(F)(F)F)cc4)cc3)c(=O)c2cc1F. The van der Waals surface area contributed by atoms with Crippen LogP contribution in [0.2, 0.25) is 0 Å². The Balaban J connectivity index is 1.60. The van der Waals surface area contributed by atoms with Crippen LogP contribution in [0.4, 0.5) is 17.6 Å². The molecule has 0 aliphatic rings. The first-order valence-electron chi connectivity index (χ1n) is 9.69. The predicted octanol–water partition coefficient (Wildman–Crippen LogP) is 6.34. The summed E-state index contributed by atoms with van der Waals surface area (Å²) < 4.78 is 65.4. The zero-order valence-corrected chi connectivity index (χ0v) is 17.4. The van der Waals surface area contributed by atoms with E-state index in [2.05, 4.69) is 9.72 Å². The number of H-pyrrole nitrogens is 1. The normalized spacial score (nSPS) is 11.5. The summed E-state index contributed by atoms with van der Waals surface area (Å²) in [4.78, 5) is 16.2. The third kappa shape index (κ3) is 4.77. The fourth-order valence-corrected chi connectivity index (χ4v) is 3.45. The van der Waals surface area contributed by atoms with E-state index in [0.717, 1.165) is 18.2 Å². The number of rotatable bonds is 5. The van der Waals surface area contributed by atoms with Crippen molar-refractivity contribution < 1.29 is 31.8 Å². The number of nitrogens with one attached hydrogen (secondary N) is 1. The van der Waals surface area contributed by atoms with Crippen LogP contribution in [0.1, 0.15) is 5.69 Å². The van der Waals surface area contributed by atoms with Crippen molar-refractivity contribution in [2.24, 2.45) is 0 Å². The van der Waals surface area contributed by atoms with Gasteiger partial charge in [-0.25, -0.2) is 4.39 Å². The maximum absolute atomic E-state index is 14.1. The number of fused-ring (bicyclic) bond motifs is 1. The van der Waals surface area contributed by atoms with E-state index in [1.807, 2.05) is 0 Å². The molecule has 0 fully saturated rings. The number of hydrogen-bond donors (Lipinski definition) is 1. The summed E-state index contributed by atoms with van der Waals surface area (Å²) in [5.41, 5.74) is 1.68. The van der Waals surface area contributed by atoms with Crippen LogP contribution < -0.4 is 19.6 Å². The largest absolute Gasteiger partial charge is 0.573 e. The minimum absolute atomic E-state index is 0.0322. The van der Waals surface area contributed by atoms with Gasteiger partial charge < -0.3 is 19.2 Å². The minimum Gasteiger partial charge on any atom is -0.494 e. The fraction of sp³-hybridized carbons (Fsp3) is 0.125. The van der Waals surface area contributed by atoms with Crippen molar-refractivity contribution in [2.45, 2.75) is 13.3 Å². The van der Waals surface area contributed by atoms with E-state index in [1.54, 1.807) is 31.2 Å². The van der Waals surface area contributed by atoms with Gasteiger partial charge in [-0.05, 0) is 55.0 Å². The molecule has 0 amide bonds. The Morgan fingerprint density at radius 2 is 1.45 bits per heavy atom. The fourth-order valence-electron chi connectivity index (χ4n) is 3.45. The van der Waals surface area contributed by atoms with Gasteiger partial charge in [-0.3, -0.25) is 4.79 Å². The Morgan fingerprint density at radius 1 is 0.879 bits per heavy atom. The Hall–Kier alpha value is -4.01. The van der Waals surface area contributed by atoms with Crippen molar-refractivity contribution in [2.75, 3.05) is 7.11 Å². The minimum atomic E-state index is -4.77. The Bertz CT molecular complexity index is 1360. The molecule has 0 aliphatic heterocycles. The molecular weight excluding hydrogens is 442 g/mol. The summed E-state index contributed by atoms with van der Waals surface area (Å²) in [5, 5.41) is 0.190. The monoisotopic (exact) mass is 459 g/mol. The van der Waals surface area contributed by atoms with Crippen LogP contribution in [0.3, 0.4) is 0 Å². The summed E-state index contributed by atoms with van der Waals surface area (Å²) in [7, 11) is 1.35. The molecule has 0 bridgehead atoms. The van der Waals surface area contributed by atoms with Crippen molar-refractivity contribution in [1.29, 1.82) is 0 Å². The average Bonchev–Trinajstić information content (AvgIpc) is 2.75. The molecule has 170 valence electrons. The molecule has 0 aliphatic carbocycles. The number of hydrogen-bond acceptors (Lipinski definition) is 4. The zero-order chi connectivity index (χ0) is 23.8. The molecule has 5 nitrogen and oxygen atoms in total. The van der Waals surface area contributed by atoms with E-state index in [0.29, 0.717) is 33.8 Å². The second-order valence-corrected chi connectivity index (χ2v) is 7.13. The van der Waals surface area contributed by atoms with Crippen molar-refractivity contribution in [1.82, 2.24) is 4.98 Å². The van der Waals surface area contributed by atoms with Gasteiger partial charge in [0.2, 0.25) is 0 Å². The highest BCUT2D eigenvalue weighted by atomic mass is 19.4. The number of methoxy groups -OCH3 is 1. The summed E-state index contributed by atoms with van der Waals surface area (Å²) >= 11 is 0. The number of ether oxygens (including phenoxy) is 3. The first-order valence-corrected chi connectivity index (χ1v) is 9.69. The van der Waals surface area contributed by atoms with E-state index in [-0.39, 0.29) is 22.3 Å². The highest BCUT2D eigenvalue weighted by Crippen LogP contribution is 2.30.